The van der Waals surface area contributed by atoms with Crippen LogP contribution in [-0.4, -0.2) is 17.6 Å². The number of nitrogens with two attached hydrogens (primary N) is 1. The molecule has 0 saturated heterocycles. The first-order valence-electron chi connectivity index (χ1n) is 5.99. The first-order valence-corrected chi connectivity index (χ1v) is 5.99. The Labute approximate surface area is 106 Å². The van der Waals surface area contributed by atoms with Gasteiger partial charge in [-0.05, 0) is 24.5 Å². The van der Waals surface area contributed by atoms with Gasteiger partial charge in [0, 0.05) is 0 Å². The third-order valence-corrected chi connectivity index (χ3v) is 2.64. The SMILES string of the molecule is CCCC(C)COc1cccc(F)c1/C(N)=N/O. The van der Waals surface area contributed by atoms with Crippen LogP contribution in [0, 0.1) is 11.7 Å². The molecule has 0 saturated carbocycles. The molecular formula is C13H19FN2O2. The number of nitrogens with zero attached hydrogens (tertiary/aromatic N) is 1. The number of halogens is 1. The van der Waals surface area contributed by atoms with Crippen LogP contribution in [0.4, 0.5) is 4.39 Å². The van der Waals surface area contributed by atoms with Crippen molar-refractivity contribution in [3.8, 4) is 5.75 Å². The van der Waals surface area contributed by atoms with Gasteiger partial charge >= 0.3 is 0 Å². The zero-order valence-corrected chi connectivity index (χ0v) is 10.7. The highest BCUT2D eigenvalue weighted by molar-refractivity contribution is 5.99. The second-order valence-corrected chi connectivity index (χ2v) is 4.30. The van der Waals surface area contributed by atoms with Crippen LogP contribution in [0.1, 0.15) is 32.3 Å². The van der Waals surface area contributed by atoms with Gasteiger partial charge in [-0.3, -0.25) is 0 Å². The lowest BCUT2D eigenvalue weighted by molar-refractivity contribution is 0.250. The summed E-state index contributed by atoms with van der Waals surface area (Å²) in [6.07, 6.45) is 2.11. The minimum atomic E-state index is -0.564. The summed E-state index contributed by atoms with van der Waals surface area (Å²) in [6, 6.07) is 4.38. The number of rotatable bonds is 6. The van der Waals surface area contributed by atoms with Crippen LogP contribution in [0.3, 0.4) is 0 Å². The maximum Gasteiger partial charge on any atom is 0.176 e. The van der Waals surface area contributed by atoms with Crippen LogP contribution in [0.15, 0.2) is 23.4 Å². The fourth-order valence-corrected chi connectivity index (χ4v) is 1.73. The molecule has 4 nitrogen and oxygen atoms in total. The minimum Gasteiger partial charge on any atom is -0.492 e. The quantitative estimate of drug-likeness (QED) is 0.355. The molecule has 0 aromatic heterocycles. The fraction of sp³-hybridized carbons (Fsp3) is 0.462. The van der Waals surface area contributed by atoms with Gasteiger partial charge in [-0.15, -0.1) is 0 Å². The van der Waals surface area contributed by atoms with Crippen LogP contribution in [-0.2, 0) is 0 Å². The molecule has 3 N–H and O–H groups in total. The van der Waals surface area contributed by atoms with Crippen molar-refractivity contribution in [2.75, 3.05) is 6.61 Å². The maximum absolute atomic E-state index is 13.6. The molecule has 18 heavy (non-hydrogen) atoms. The molecule has 0 aliphatic heterocycles. The van der Waals surface area contributed by atoms with E-state index in [0.29, 0.717) is 18.3 Å². The monoisotopic (exact) mass is 254 g/mol. The molecule has 0 aliphatic carbocycles. The predicted octanol–water partition coefficient (Wildman–Crippen LogP) is 2.74. The molecule has 0 fully saturated rings. The van der Waals surface area contributed by atoms with Gasteiger partial charge in [-0.25, -0.2) is 4.39 Å². The van der Waals surface area contributed by atoms with E-state index in [9.17, 15) is 4.39 Å². The smallest absolute Gasteiger partial charge is 0.176 e. The summed E-state index contributed by atoms with van der Waals surface area (Å²) >= 11 is 0. The van der Waals surface area contributed by atoms with E-state index < -0.39 is 5.82 Å². The third-order valence-electron chi connectivity index (χ3n) is 2.64. The lowest BCUT2D eigenvalue weighted by atomic mass is 10.1. The van der Waals surface area contributed by atoms with Gasteiger partial charge in [-0.2, -0.15) is 0 Å². The maximum atomic E-state index is 13.6. The highest BCUT2D eigenvalue weighted by Gasteiger charge is 2.14. The topological polar surface area (TPSA) is 67.8 Å². The Balaban J connectivity index is 2.85. The standard InChI is InChI=1S/C13H19FN2O2/c1-3-5-9(2)8-18-11-7-4-6-10(14)12(11)13(15)16-17/h4,6-7,9,17H,3,5,8H2,1-2H3,(H2,15,16). The minimum absolute atomic E-state index is 0.00342. The first-order chi connectivity index (χ1) is 8.60. The van der Waals surface area contributed by atoms with E-state index in [0.717, 1.165) is 12.8 Å². The van der Waals surface area contributed by atoms with Gasteiger partial charge < -0.3 is 15.7 Å². The summed E-state index contributed by atoms with van der Waals surface area (Å²) < 4.78 is 19.2. The van der Waals surface area contributed by atoms with E-state index in [2.05, 4.69) is 19.0 Å². The van der Waals surface area contributed by atoms with Crippen molar-refractivity contribution in [2.24, 2.45) is 16.8 Å². The van der Waals surface area contributed by atoms with Crippen LogP contribution >= 0.6 is 0 Å². The lowest BCUT2D eigenvalue weighted by Crippen LogP contribution is -2.18. The number of hydrogen-bond donors (Lipinski definition) is 2. The molecule has 0 radical (unpaired) electrons. The number of ether oxygens (including phenoxy) is 1. The molecule has 0 spiro atoms. The molecule has 0 aliphatic rings. The Morgan fingerprint density at radius 2 is 2.28 bits per heavy atom. The first kappa shape index (κ1) is 14.3. The summed E-state index contributed by atoms with van der Waals surface area (Å²) in [5, 5.41) is 11.5. The molecule has 0 heterocycles. The molecule has 1 unspecified atom stereocenters. The molecular weight excluding hydrogens is 235 g/mol. The lowest BCUT2D eigenvalue weighted by Gasteiger charge is -2.14. The third kappa shape index (κ3) is 3.61. The van der Waals surface area contributed by atoms with Crippen molar-refractivity contribution in [1.29, 1.82) is 0 Å². The van der Waals surface area contributed by atoms with Crippen molar-refractivity contribution in [3.63, 3.8) is 0 Å². The van der Waals surface area contributed by atoms with Gasteiger partial charge in [0.1, 0.15) is 11.6 Å². The molecule has 0 amide bonds. The van der Waals surface area contributed by atoms with E-state index >= 15 is 0 Å². The Morgan fingerprint density at radius 1 is 1.56 bits per heavy atom. The molecule has 0 bridgehead atoms. The average molecular weight is 254 g/mol. The molecule has 1 aromatic rings. The molecule has 1 rings (SSSR count). The van der Waals surface area contributed by atoms with Gasteiger partial charge in [-0.1, -0.05) is 31.5 Å². The largest absolute Gasteiger partial charge is 0.492 e. The van der Waals surface area contributed by atoms with Crippen molar-refractivity contribution in [3.05, 3.63) is 29.6 Å². The normalized spacial score (nSPS) is 13.4. The number of hydrogen-bond acceptors (Lipinski definition) is 3. The highest BCUT2D eigenvalue weighted by atomic mass is 19.1. The van der Waals surface area contributed by atoms with E-state index in [1.165, 1.54) is 12.1 Å². The van der Waals surface area contributed by atoms with Gasteiger partial charge in [0.2, 0.25) is 0 Å². The number of benzene rings is 1. The Hall–Kier alpha value is -1.78. The number of amidine groups is 1. The summed E-state index contributed by atoms with van der Waals surface area (Å²) in [4.78, 5) is 0. The van der Waals surface area contributed by atoms with Crippen LogP contribution in [0.2, 0.25) is 0 Å². The molecule has 100 valence electrons. The van der Waals surface area contributed by atoms with E-state index in [1.807, 2.05) is 0 Å². The predicted molar refractivity (Wildman–Crippen MR) is 68.5 cm³/mol. The Kier molecular flexibility index (Phi) is 5.42. The van der Waals surface area contributed by atoms with Crippen LogP contribution < -0.4 is 10.5 Å². The second-order valence-electron chi connectivity index (χ2n) is 4.30. The molecule has 5 heteroatoms. The zero-order valence-electron chi connectivity index (χ0n) is 10.7. The van der Waals surface area contributed by atoms with Gasteiger partial charge in [0.05, 0.1) is 12.2 Å². The van der Waals surface area contributed by atoms with Gasteiger partial charge in [0.15, 0.2) is 5.84 Å². The number of oxime groups is 1. The van der Waals surface area contributed by atoms with E-state index in [4.69, 9.17) is 15.7 Å². The van der Waals surface area contributed by atoms with Crippen molar-refractivity contribution in [1.82, 2.24) is 0 Å². The van der Waals surface area contributed by atoms with Crippen molar-refractivity contribution in [2.45, 2.75) is 26.7 Å². The van der Waals surface area contributed by atoms with Crippen LogP contribution in [0.5, 0.6) is 5.75 Å². The van der Waals surface area contributed by atoms with Crippen molar-refractivity contribution >= 4 is 5.84 Å². The summed E-state index contributed by atoms with van der Waals surface area (Å²) in [5.41, 5.74) is 5.44. The summed E-state index contributed by atoms with van der Waals surface area (Å²) in [7, 11) is 0. The van der Waals surface area contributed by atoms with Gasteiger partial charge in [0.25, 0.3) is 0 Å². The Morgan fingerprint density at radius 3 is 2.89 bits per heavy atom. The molecule has 1 aromatic carbocycles. The van der Waals surface area contributed by atoms with E-state index in [1.54, 1.807) is 6.07 Å². The Bertz CT molecular complexity index is 421. The summed E-state index contributed by atoms with van der Waals surface area (Å²) in [6.45, 7) is 4.63. The van der Waals surface area contributed by atoms with Crippen molar-refractivity contribution < 1.29 is 14.3 Å². The fourth-order valence-electron chi connectivity index (χ4n) is 1.73. The second kappa shape index (κ2) is 6.83. The average Bonchev–Trinajstić information content (AvgIpc) is 2.36. The van der Waals surface area contributed by atoms with E-state index in [-0.39, 0.29) is 11.4 Å². The van der Waals surface area contributed by atoms with Crippen LogP contribution in [0.25, 0.3) is 0 Å². The molecule has 1 atom stereocenters. The highest BCUT2D eigenvalue weighted by Crippen LogP contribution is 2.22. The summed E-state index contributed by atoms with van der Waals surface area (Å²) in [5.74, 6) is -0.177. The zero-order chi connectivity index (χ0) is 13.5.